The zero-order valence-corrected chi connectivity index (χ0v) is 21.0. The molecule has 0 saturated heterocycles. The third kappa shape index (κ3) is 5.54. The standard InChI is InChI=1S/C30H31N3O3/c1-19(2)23-13-10-22(11-14-23)12-16-29(35)33-26-8-6-5-7-25(26)32-30(36)27(33)18-28(34)31-24-15-9-20(3)21(4)17-24/h5-17,19,27H,18H2,1-4H3,(H,31,34)(H,32,36)/b16-12+/t27-/m0/s1. The number of carbonyl (C=O) groups excluding carboxylic acids is 3. The summed E-state index contributed by atoms with van der Waals surface area (Å²) in [4.78, 5) is 40.8. The van der Waals surface area contributed by atoms with Crippen LogP contribution >= 0.6 is 0 Å². The van der Waals surface area contributed by atoms with Crippen LogP contribution in [-0.4, -0.2) is 23.8 Å². The molecule has 1 atom stereocenters. The van der Waals surface area contributed by atoms with E-state index in [0.29, 0.717) is 23.0 Å². The number of para-hydroxylation sites is 2. The normalized spacial score (nSPS) is 15.1. The van der Waals surface area contributed by atoms with E-state index in [0.717, 1.165) is 16.7 Å². The lowest BCUT2D eigenvalue weighted by atomic mass is 10.0. The van der Waals surface area contributed by atoms with Crippen molar-refractivity contribution >= 4 is 40.9 Å². The molecule has 0 saturated carbocycles. The SMILES string of the molecule is Cc1ccc(NC(=O)C[C@H]2C(=O)Nc3ccccc3N2C(=O)/C=C/c2ccc(C(C)C)cc2)cc1C. The minimum absolute atomic E-state index is 0.171. The zero-order chi connectivity index (χ0) is 25.8. The van der Waals surface area contributed by atoms with Crippen LogP contribution in [0, 0.1) is 13.8 Å². The van der Waals surface area contributed by atoms with Crippen LogP contribution in [0.1, 0.15) is 48.4 Å². The fourth-order valence-electron chi connectivity index (χ4n) is 4.19. The molecule has 4 rings (SSSR count). The van der Waals surface area contributed by atoms with Gasteiger partial charge in [-0.1, -0.05) is 56.3 Å². The molecule has 0 radical (unpaired) electrons. The summed E-state index contributed by atoms with van der Waals surface area (Å²) in [5.41, 5.74) is 6.03. The predicted molar refractivity (Wildman–Crippen MR) is 145 cm³/mol. The van der Waals surface area contributed by atoms with Crippen LogP contribution in [0.2, 0.25) is 0 Å². The quantitative estimate of drug-likeness (QED) is 0.435. The molecule has 0 aromatic heterocycles. The first-order valence-electron chi connectivity index (χ1n) is 12.1. The molecular weight excluding hydrogens is 450 g/mol. The number of hydrogen-bond donors (Lipinski definition) is 2. The molecule has 184 valence electrons. The maximum atomic E-state index is 13.4. The second-order valence-corrected chi connectivity index (χ2v) is 9.44. The summed E-state index contributed by atoms with van der Waals surface area (Å²) in [6, 6.07) is 19.8. The Labute approximate surface area is 212 Å². The summed E-state index contributed by atoms with van der Waals surface area (Å²) in [6.45, 7) is 8.23. The van der Waals surface area contributed by atoms with Gasteiger partial charge in [0.05, 0.1) is 17.8 Å². The summed E-state index contributed by atoms with van der Waals surface area (Å²) >= 11 is 0. The summed E-state index contributed by atoms with van der Waals surface area (Å²) in [7, 11) is 0. The minimum Gasteiger partial charge on any atom is -0.326 e. The number of benzene rings is 3. The maximum absolute atomic E-state index is 13.4. The highest BCUT2D eigenvalue weighted by Gasteiger charge is 2.37. The smallest absolute Gasteiger partial charge is 0.251 e. The first kappa shape index (κ1) is 24.9. The molecule has 3 aromatic rings. The number of rotatable bonds is 6. The van der Waals surface area contributed by atoms with E-state index in [1.807, 2.05) is 56.3 Å². The number of hydrogen-bond acceptors (Lipinski definition) is 3. The highest BCUT2D eigenvalue weighted by molar-refractivity contribution is 6.16. The van der Waals surface area contributed by atoms with Gasteiger partial charge in [0.2, 0.25) is 11.8 Å². The van der Waals surface area contributed by atoms with Crippen molar-refractivity contribution in [2.45, 2.75) is 46.1 Å². The highest BCUT2D eigenvalue weighted by atomic mass is 16.2. The number of nitrogens with zero attached hydrogens (tertiary/aromatic N) is 1. The Bertz CT molecular complexity index is 1330. The van der Waals surface area contributed by atoms with Crippen LogP contribution in [-0.2, 0) is 14.4 Å². The monoisotopic (exact) mass is 481 g/mol. The maximum Gasteiger partial charge on any atom is 0.251 e. The van der Waals surface area contributed by atoms with E-state index in [2.05, 4.69) is 24.5 Å². The summed E-state index contributed by atoms with van der Waals surface area (Å²) in [5.74, 6) is -0.686. The third-order valence-corrected chi connectivity index (χ3v) is 6.46. The van der Waals surface area contributed by atoms with Crippen molar-refractivity contribution in [3.05, 3.63) is 95.1 Å². The number of amides is 3. The minimum atomic E-state index is -0.980. The van der Waals surface area contributed by atoms with Crippen molar-refractivity contribution in [2.24, 2.45) is 0 Å². The molecule has 3 aromatic carbocycles. The van der Waals surface area contributed by atoms with Crippen LogP contribution in [0.15, 0.2) is 72.8 Å². The Morgan fingerprint density at radius 3 is 2.42 bits per heavy atom. The molecule has 6 nitrogen and oxygen atoms in total. The van der Waals surface area contributed by atoms with E-state index < -0.39 is 11.9 Å². The topological polar surface area (TPSA) is 78.5 Å². The van der Waals surface area contributed by atoms with Crippen molar-refractivity contribution < 1.29 is 14.4 Å². The molecule has 2 N–H and O–H groups in total. The van der Waals surface area contributed by atoms with Crippen LogP contribution in [0.25, 0.3) is 6.08 Å². The lowest BCUT2D eigenvalue weighted by Crippen LogP contribution is -2.52. The third-order valence-electron chi connectivity index (χ3n) is 6.46. The first-order valence-corrected chi connectivity index (χ1v) is 12.1. The first-order chi connectivity index (χ1) is 17.2. The fourth-order valence-corrected chi connectivity index (χ4v) is 4.19. The number of aryl methyl sites for hydroxylation is 2. The number of anilines is 3. The fraction of sp³-hybridized carbons (Fsp3) is 0.233. The van der Waals surface area contributed by atoms with E-state index in [-0.39, 0.29) is 18.2 Å². The van der Waals surface area contributed by atoms with E-state index >= 15 is 0 Å². The Hall–Kier alpha value is -4.19. The average molecular weight is 482 g/mol. The van der Waals surface area contributed by atoms with Crippen LogP contribution in [0.4, 0.5) is 17.1 Å². The molecule has 1 heterocycles. The number of nitrogens with one attached hydrogen (secondary N) is 2. The second-order valence-electron chi connectivity index (χ2n) is 9.44. The van der Waals surface area contributed by atoms with E-state index in [1.54, 1.807) is 30.3 Å². The van der Waals surface area contributed by atoms with Crippen LogP contribution < -0.4 is 15.5 Å². The summed E-state index contributed by atoms with van der Waals surface area (Å²) in [6.07, 6.45) is 3.01. The molecule has 36 heavy (non-hydrogen) atoms. The average Bonchev–Trinajstić information content (AvgIpc) is 2.85. The van der Waals surface area contributed by atoms with Gasteiger partial charge < -0.3 is 10.6 Å². The van der Waals surface area contributed by atoms with Gasteiger partial charge in [0.25, 0.3) is 5.91 Å². The number of carbonyl (C=O) groups is 3. The lowest BCUT2D eigenvalue weighted by molar-refractivity contribution is -0.124. The van der Waals surface area contributed by atoms with E-state index in [4.69, 9.17) is 0 Å². The van der Waals surface area contributed by atoms with Crippen molar-refractivity contribution in [1.82, 2.24) is 0 Å². The predicted octanol–water partition coefficient (Wildman–Crippen LogP) is 5.82. The highest BCUT2D eigenvalue weighted by Crippen LogP contribution is 2.33. The van der Waals surface area contributed by atoms with Crippen LogP contribution in [0.3, 0.4) is 0 Å². The van der Waals surface area contributed by atoms with Gasteiger partial charge in [-0.15, -0.1) is 0 Å². The molecule has 0 spiro atoms. The van der Waals surface area contributed by atoms with Crippen molar-refractivity contribution in [2.75, 3.05) is 15.5 Å². The van der Waals surface area contributed by atoms with Gasteiger partial charge in [-0.2, -0.15) is 0 Å². The molecule has 0 fully saturated rings. The number of fused-ring (bicyclic) bond motifs is 1. The van der Waals surface area contributed by atoms with Gasteiger partial charge in [-0.25, -0.2) is 0 Å². The molecule has 3 amide bonds. The Morgan fingerprint density at radius 2 is 1.72 bits per heavy atom. The van der Waals surface area contributed by atoms with Gasteiger partial charge in [0.15, 0.2) is 0 Å². The van der Waals surface area contributed by atoms with Gasteiger partial charge >= 0.3 is 0 Å². The molecule has 0 aliphatic carbocycles. The molecule has 0 bridgehead atoms. The summed E-state index contributed by atoms with van der Waals surface area (Å²) in [5, 5.41) is 5.69. The zero-order valence-electron chi connectivity index (χ0n) is 21.0. The van der Waals surface area contributed by atoms with E-state index in [1.165, 1.54) is 16.5 Å². The Kier molecular flexibility index (Phi) is 7.34. The lowest BCUT2D eigenvalue weighted by Gasteiger charge is -2.35. The van der Waals surface area contributed by atoms with Crippen molar-refractivity contribution in [3.63, 3.8) is 0 Å². The van der Waals surface area contributed by atoms with Gasteiger partial charge in [0, 0.05) is 11.8 Å². The van der Waals surface area contributed by atoms with Gasteiger partial charge in [-0.3, -0.25) is 19.3 Å². The van der Waals surface area contributed by atoms with E-state index in [9.17, 15) is 14.4 Å². The second kappa shape index (κ2) is 10.6. The van der Waals surface area contributed by atoms with Crippen molar-refractivity contribution in [1.29, 1.82) is 0 Å². The molecule has 1 aliphatic heterocycles. The molecule has 6 heteroatoms. The van der Waals surface area contributed by atoms with Crippen molar-refractivity contribution in [3.8, 4) is 0 Å². The van der Waals surface area contributed by atoms with Crippen LogP contribution in [0.5, 0.6) is 0 Å². The molecule has 0 unspecified atom stereocenters. The Morgan fingerprint density at radius 1 is 1.00 bits per heavy atom. The largest absolute Gasteiger partial charge is 0.326 e. The summed E-state index contributed by atoms with van der Waals surface area (Å²) < 4.78 is 0. The van der Waals surface area contributed by atoms with Gasteiger partial charge in [0.1, 0.15) is 6.04 Å². The molecule has 1 aliphatic rings. The molecular formula is C30H31N3O3. The Balaban J connectivity index is 1.57. The van der Waals surface area contributed by atoms with Gasteiger partial charge in [-0.05, 0) is 72.4 Å².